The maximum Gasteiger partial charge on any atom is 1.00 e. The van der Waals surface area contributed by atoms with Crippen molar-refractivity contribution in [3.05, 3.63) is 6.92 Å². The maximum atomic E-state index is 9.24. The summed E-state index contributed by atoms with van der Waals surface area (Å²) in [5, 5.41) is 7.60. The Labute approximate surface area is 77.9 Å². The second-order valence-electron chi connectivity index (χ2n) is 1.10. The van der Waals surface area contributed by atoms with Crippen molar-refractivity contribution in [2.45, 2.75) is 13.3 Å². The van der Waals surface area contributed by atoms with Crippen molar-refractivity contribution in [1.82, 2.24) is 0 Å². The molecule has 0 atom stereocenters. The van der Waals surface area contributed by atoms with Gasteiger partial charge in [-0.25, -0.2) is 0 Å². The Morgan fingerprint density at radius 3 is 1.89 bits per heavy atom. The number of carboxylic acid groups (broad SMARTS) is 1. The van der Waals surface area contributed by atoms with Crippen molar-refractivity contribution in [1.29, 1.82) is 0 Å². The first-order chi connectivity index (χ1) is 3.68. The molecule has 0 aliphatic carbocycles. The van der Waals surface area contributed by atoms with Gasteiger partial charge in [0.05, 0.1) is 6.54 Å². The number of nitrogens with two attached hydrogens (primary N) is 1. The summed E-state index contributed by atoms with van der Waals surface area (Å²) in [6, 6.07) is 0. The summed E-state index contributed by atoms with van der Waals surface area (Å²) in [4.78, 5) is 9.24. The number of hydrogen-bond acceptors (Lipinski definition) is 2. The molecule has 0 saturated carbocycles. The molecule has 9 heavy (non-hydrogen) atoms. The number of hydrogen-bond donors (Lipinski definition) is 2. The maximum absolute atomic E-state index is 9.24. The van der Waals surface area contributed by atoms with Gasteiger partial charge in [0.1, 0.15) is 0 Å². The molecule has 0 unspecified atom stereocenters. The zero-order valence-corrected chi connectivity index (χ0v) is 8.05. The van der Waals surface area contributed by atoms with E-state index in [9.17, 15) is 4.79 Å². The smallest absolute Gasteiger partial charge is 0.480 e. The minimum atomic E-state index is -0.968. The molecule has 0 saturated heterocycles. The Kier molecular flexibility index (Phi) is 28.4. The third-order valence-corrected chi connectivity index (χ3v) is 0.175. The van der Waals surface area contributed by atoms with Crippen LogP contribution in [0.1, 0.15) is 13.3 Å². The molecule has 3 nitrogen and oxygen atoms in total. The van der Waals surface area contributed by atoms with Gasteiger partial charge in [0.15, 0.2) is 0 Å². The fraction of sp³-hybridized carbons (Fsp3) is 0.600. The Balaban J connectivity index is -0.0000000800. The molecule has 0 aromatic carbocycles. The van der Waals surface area contributed by atoms with Gasteiger partial charge in [-0.3, -0.25) is 4.79 Å². The van der Waals surface area contributed by atoms with Gasteiger partial charge in [-0.05, 0) is 0 Å². The summed E-state index contributed by atoms with van der Waals surface area (Å²) in [6.45, 7) is 5.22. The minimum absolute atomic E-state index is 0. The Morgan fingerprint density at radius 1 is 1.78 bits per heavy atom. The summed E-state index contributed by atoms with van der Waals surface area (Å²) < 4.78 is 0. The molecule has 0 aromatic rings. The molecule has 0 aliphatic rings. The van der Waals surface area contributed by atoms with Gasteiger partial charge in [0, 0.05) is 0 Å². The van der Waals surface area contributed by atoms with Crippen molar-refractivity contribution in [3.63, 3.8) is 0 Å². The second kappa shape index (κ2) is 15.8. The molecule has 0 aromatic heterocycles. The van der Waals surface area contributed by atoms with Crippen molar-refractivity contribution in [2.75, 3.05) is 6.54 Å². The first-order valence-corrected chi connectivity index (χ1v) is 2.40. The van der Waals surface area contributed by atoms with Gasteiger partial charge in [-0.1, -0.05) is 6.92 Å². The van der Waals surface area contributed by atoms with E-state index in [1.165, 1.54) is 0 Å². The molecular formula is C5H12NNaO2. The van der Waals surface area contributed by atoms with Crippen LogP contribution in [0.3, 0.4) is 0 Å². The van der Waals surface area contributed by atoms with Crippen molar-refractivity contribution >= 4 is 5.97 Å². The van der Waals surface area contributed by atoms with Crippen LogP contribution in [-0.4, -0.2) is 17.6 Å². The van der Waals surface area contributed by atoms with E-state index >= 15 is 0 Å². The number of rotatable bonds is 1. The van der Waals surface area contributed by atoms with Gasteiger partial charge in [0.25, 0.3) is 0 Å². The van der Waals surface area contributed by atoms with Gasteiger partial charge >= 0.3 is 35.5 Å². The first kappa shape index (κ1) is 16.2. The van der Waals surface area contributed by atoms with Gasteiger partial charge in [0.2, 0.25) is 0 Å². The average Bonchev–Trinajstić information content (AvgIpc) is 1.69. The molecule has 0 bridgehead atoms. The van der Waals surface area contributed by atoms with Crippen LogP contribution in [0.5, 0.6) is 0 Å². The van der Waals surface area contributed by atoms with E-state index in [2.05, 4.69) is 12.7 Å². The number of carbonyl (C=O) groups is 1. The van der Waals surface area contributed by atoms with E-state index in [1.54, 1.807) is 0 Å². The van der Waals surface area contributed by atoms with Crippen molar-refractivity contribution < 1.29 is 39.5 Å². The number of carboxylic acids is 1. The normalized spacial score (nSPS) is 6.11. The van der Waals surface area contributed by atoms with E-state index < -0.39 is 5.97 Å². The fourth-order valence-corrected chi connectivity index (χ4v) is 0. The van der Waals surface area contributed by atoms with E-state index in [4.69, 9.17) is 5.11 Å². The van der Waals surface area contributed by atoms with Crippen LogP contribution in [-0.2, 0) is 4.79 Å². The van der Waals surface area contributed by atoms with Crippen LogP contribution in [0.15, 0.2) is 0 Å². The standard InChI is InChI=1S/C3H7.C2H5NO2.Na/c1-3-2;3-1-2(4)5;/h1,3H2,2H3;1,3H2,(H,4,5);/q-1;;+1. The third kappa shape index (κ3) is 59.0. The molecule has 0 fully saturated rings. The van der Waals surface area contributed by atoms with E-state index in [0.29, 0.717) is 0 Å². The summed E-state index contributed by atoms with van der Waals surface area (Å²) in [6.07, 6.45) is 1.00. The monoisotopic (exact) mass is 141 g/mol. The molecule has 4 heteroatoms. The molecule has 0 heterocycles. The van der Waals surface area contributed by atoms with E-state index in [0.717, 1.165) is 6.42 Å². The van der Waals surface area contributed by atoms with Crippen molar-refractivity contribution in [3.8, 4) is 0 Å². The Hall–Kier alpha value is 0.430. The molecule has 0 spiro atoms. The van der Waals surface area contributed by atoms with Gasteiger partial charge in [-0.2, -0.15) is 6.42 Å². The van der Waals surface area contributed by atoms with Crippen LogP contribution >= 0.6 is 0 Å². The SMILES string of the molecule is NCC(=O)O.[CH2-]CC.[Na+]. The zero-order chi connectivity index (χ0) is 6.99. The summed E-state index contributed by atoms with van der Waals surface area (Å²) >= 11 is 0. The quantitative estimate of drug-likeness (QED) is 0.308. The van der Waals surface area contributed by atoms with E-state index in [1.807, 2.05) is 6.92 Å². The Bertz CT molecular complexity index is 58.9. The van der Waals surface area contributed by atoms with Crippen LogP contribution in [0.25, 0.3) is 0 Å². The summed E-state index contributed by atoms with van der Waals surface area (Å²) in [7, 11) is 0. The minimum Gasteiger partial charge on any atom is -0.480 e. The molecule has 0 radical (unpaired) electrons. The molecule has 0 amide bonds. The first-order valence-electron chi connectivity index (χ1n) is 2.40. The average molecular weight is 141 g/mol. The Morgan fingerprint density at radius 2 is 1.89 bits per heavy atom. The van der Waals surface area contributed by atoms with Gasteiger partial charge in [-0.15, -0.1) is 0 Å². The van der Waals surface area contributed by atoms with Crippen LogP contribution in [0.2, 0.25) is 0 Å². The number of aliphatic carboxylic acids is 1. The molecule has 50 valence electrons. The predicted octanol–water partition coefficient (Wildman–Crippen LogP) is -2.74. The molecule has 3 N–H and O–H groups in total. The van der Waals surface area contributed by atoms with E-state index in [-0.39, 0.29) is 36.1 Å². The summed E-state index contributed by atoms with van der Waals surface area (Å²) in [5.41, 5.74) is 4.57. The van der Waals surface area contributed by atoms with Gasteiger partial charge < -0.3 is 17.8 Å². The zero-order valence-electron chi connectivity index (χ0n) is 6.05. The molecular weight excluding hydrogens is 129 g/mol. The fourth-order valence-electron chi connectivity index (χ4n) is 0. The van der Waals surface area contributed by atoms with Crippen LogP contribution in [0.4, 0.5) is 0 Å². The molecule has 0 rings (SSSR count). The molecule has 0 aliphatic heterocycles. The summed E-state index contributed by atoms with van der Waals surface area (Å²) in [5.74, 6) is -0.968. The van der Waals surface area contributed by atoms with Crippen LogP contribution in [0, 0.1) is 6.92 Å². The second-order valence-corrected chi connectivity index (χ2v) is 1.10. The predicted molar refractivity (Wildman–Crippen MR) is 32.3 cm³/mol. The topological polar surface area (TPSA) is 63.3 Å². The van der Waals surface area contributed by atoms with Crippen molar-refractivity contribution in [2.24, 2.45) is 5.73 Å². The largest absolute Gasteiger partial charge is 1.00 e. The third-order valence-electron chi connectivity index (χ3n) is 0.175. The van der Waals surface area contributed by atoms with Crippen LogP contribution < -0.4 is 35.3 Å².